The van der Waals surface area contributed by atoms with Gasteiger partial charge in [0.2, 0.25) is 5.88 Å². The summed E-state index contributed by atoms with van der Waals surface area (Å²) in [6.45, 7) is 5.44. The summed E-state index contributed by atoms with van der Waals surface area (Å²) in [5, 5.41) is 3.31. The van der Waals surface area contributed by atoms with Gasteiger partial charge in [-0.3, -0.25) is 4.79 Å². The molecule has 1 amide bonds. The van der Waals surface area contributed by atoms with Crippen LogP contribution in [0.15, 0.2) is 72.9 Å². The highest BCUT2D eigenvalue weighted by atomic mass is 16.5. The fourth-order valence-corrected chi connectivity index (χ4v) is 5.17. The molecule has 4 aromatic rings. The zero-order chi connectivity index (χ0) is 31.6. The number of carbonyl (C=O) groups excluding carboxylic acids is 3. The predicted octanol–water partition coefficient (Wildman–Crippen LogP) is 5.82. The average Bonchev–Trinajstić information content (AvgIpc) is 3.02. The largest absolute Gasteiger partial charge is 0.496 e. The van der Waals surface area contributed by atoms with Gasteiger partial charge in [0.1, 0.15) is 29.2 Å². The van der Waals surface area contributed by atoms with Crippen molar-refractivity contribution >= 4 is 29.2 Å². The number of nitrogens with one attached hydrogen (secondary N) is 1. The van der Waals surface area contributed by atoms with Crippen molar-refractivity contribution in [2.75, 3.05) is 31.5 Å². The molecule has 5 rings (SSSR count). The molecule has 0 spiro atoms. The molecule has 0 fully saturated rings. The lowest BCUT2D eigenvalue weighted by Crippen LogP contribution is -2.52. The molecule has 1 aromatic heterocycles. The number of hydrogen-bond acceptors (Lipinski definition) is 9. The van der Waals surface area contributed by atoms with Crippen LogP contribution in [0.1, 0.15) is 45.7 Å². The minimum absolute atomic E-state index is 0.119. The topological polar surface area (TPSA) is 116 Å². The van der Waals surface area contributed by atoms with E-state index in [-0.39, 0.29) is 29.7 Å². The number of nitrogens with zero attached hydrogens (tertiary/aromatic N) is 2. The summed E-state index contributed by atoms with van der Waals surface area (Å²) >= 11 is 0. The molecule has 10 heteroatoms. The second-order valence-electron chi connectivity index (χ2n) is 10.9. The van der Waals surface area contributed by atoms with Gasteiger partial charge in [0.25, 0.3) is 5.91 Å². The molecule has 0 unspecified atom stereocenters. The van der Waals surface area contributed by atoms with E-state index in [9.17, 15) is 14.4 Å². The number of carbonyl (C=O) groups is 3. The van der Waals surface area contributed by atoms with E-state index in [4.69, 9.17) is 18.9 Å². The molecule has 0 atom stereocenters. The van der Waals surface area contributed by atoms with Crippen LogP contribution in [0.5, 0.6) is 17.4 Å². The Balaban J connectivity index is 1.54. The number of hydrogen-bond donors (Lipinski definition) is 1. The number of methoxy groups -OCH3 is 2. The average molecular weight is 596 g/mol. The molecule has 3 aromatic carbocycles. The van der Waals surface area contributed by atoms with E-state index in [0.717, 1.165) is 11.3 Å². The standard InChI is InChI=1S/C34H33N3O7/c1-20-9-11-21(12-10-20)31(38)43-19-26-23(15-16-27-29(26)37(4)33(40)34(2,3)36-27)24-14-13-22(18-28(24)41-5)44-32(39)25-8-7-17-35-30(25)42-6/h7-18,36H,19H2,1-6H3. The van der Waals surface area contributed by atoms with Crippen LogP contribution in [-0.2, 0) is 16.1 Å². The van der Waals surface area contributed by atoms with E-state index in [1.54, 1.807) is 54.4 Å². The van der Waals surface area contributed by atoms with Crippen molar-refractivity contribution in [2.24, 2.45) is 0 Å². The van der Waals surface area contributed by atoms with Crippen molar-refractivity contribution in [1.29, 1.82) is 0 Å². The summed E-state index contributed by atoms with van der Waals surface area (Å²) in [5.74, 6) is -0.494. The maximum Gasteiger partial charge on any atom is 0.349 e. The highest BCUT2D eigenvalue weighted by Gasteiger charge is 2.39. The van der Waals surface area contributed by atoms with Crippen molar-refractivity contribution in [3.8, 4) is 28.5 Å². The van der Waals surface area contributed by atoms with Gasteiger partial charge in [-0.05, 0) is 68.8 Å². The van der Waals surface area contributed by atoms with E-state index in [1.165, 1.54) is 20.4 Å². The Morgan fingerprint density at radius 2 is 1.66 bits per heavy atom. The van der Waals surface area contributed by atoms with Crippen molar-refractivity contribution in [1.82, 2.24) is 4.98 Å². The molecular formula is C34H33N3O7. The highest BCUT2D eigenvalue weighted by molar-refractivity contribution is 6.09. The maximum atomic E-state index is 13.3. The van der Waals surface area contributed by atoms with Gasteiger partial charge in [0.15, 0.2) is 0 Å². The molecule has 0 saturated carbocycles. The number of amides is 1. The Kier molecular flexibility index (Phi) is 8.26. The molecule has 1 N–H and O–H groups in total. The third kappa shape index (κ3) is 5.78. The van der Waals surface area contributed by atoms with Crippen LogP contribution in [0, 0.1) is 6.92 Å². The zero-order valence-electron chi connectivity index (χ0n) is 25.4. The first kappa shape index (κ1) is 30.1. The number of benzene rings is 3. The van der Waals surface area contributed by atoms with E-state index >= 15 is 0 Å². The Morgan fingerprint density at radius 1 is 0.932 bits per heavy atom. The number of rotatable bonds is 8. The normalized spacial score (nSPS) is 13.4. The van der Waals surface area contributed by atoms with Crippen LogP contribution in [-0.4, -0.2) is 49.6 Å². The third-order valence-electron chi connectivity index (χ3n) is 7.40. The minimum atomic E-state index is -0.834. The molecule has 1 aliphatic rings. The second kappa shape index (κ2) is 12.1. The first-order chi connectivity index (χ1) is 21.0. The summed E-state index contributed by atoms with van der Waals surface area (Å²) in [6.07, 6.45) is 1.52. The van der Waals surface area contributed by atoms with Gasteiger partial charge < -0.3 is 29.2 Å². The van der Waals surface area contributed by atoms with Crippen LogP contribution in [0.3, 0.4) is 0 Å². The van der Waals surface area contributed by atoms with Crippen molar-refractivity contribution in [3.63, 3.8) is 0 Å². The Labute approximate surface area is 255 Å². The van der Waals surface area contributed by atoms with Crippen LogP contribution in [0.2, 0.25) is 0 Å². The molecule has 1 aliphatic heterocycles. The Bertz CT molecular complexity index is 1750. The Hall–Kier alpha value is -5.38. The lowest BCUT2D eigenvalue weighted by molar-refractivity contribution is -0.121. The fraction of sp³-hybridized carbons (Fsp3) is 0.235. The monoisotopic (exact) mass is 595 g/mol. The summed E-state index contributed by atoms with van der Waals surface area (Å²) in [5.41, 5.74) is 4.00. The lowest BCUT2D eigenvalue weighted by Gasteiger charge is -2.39. The first-order valence-electron chi connectivity index (χ1n) is 13.9. The van der Waals surface area contributed by atoms with Gasteiger partial charge in [0, 0.05) is 30.4 Å². The number of aromatic nitrogens is 1. The molecule has 0 bridgehead atoms. The molecule has 2 heterocycles. The second-order valence-corrected chi connectivity index (χ2v) is 10.9. The van der Waals surface area contributed by atoms with Crippen LogP contribution < -0.4 is 24.4 Å². The van der Waals surface area contributed by atoms with Crippen molar-refractivity contribution in [3.05, 3.63) is 95.2 Å². The van der Waals surface area contributed by atoms with Gasteiger partial charge in [0.05, 0.1) is 31.2 Å². The molecule has 44 heavy (non-hydrogen) atoms. The van der Waals surface area contributed by atoms with Crippen LogP contribution >= 0.6 is 0 Å². The molecule has 10 nitrogen and oxygen atoms in total. The molecule has 226 valence electrons. The zero-order valence-corrected chi connectivity index (χ0v) is 25.4. The summed E-state index contributed by atoms with van der Waals surface area (Å²) in [7, 11) is 4.63. The van der Waals surface area contributed by atoms with Gasteiger partial charge in [-0.15, -0.1) is 0 Å². The molecular weight excluding hydrogens is 562 g/mol. The van der Waals surface area contributed by atoms with Crippen molar-refractivity contribution in [2.45, 2.75) is 32.9 Å². The molecule has 0 aliphatic carbocycles. The number of esters is 2. The number of likely N-dealkylation sites (N-methyl/N-ethyl adjacent to an activating group) is 1. The van der Waals surface area contributed by atoms with E-state index in [2.05, 4.69) is 10.3 Å². The summed E-state index contributed by atoms with van der Waals surface area (Å²) < 4.78 is 22.3. The number of aryl methyl sites for hydroxylation is 1. The van der Waals surface area contributed by atoms with E-state index in [0.29, 0.717) is 33.7 Å². The summed E-state index contributed by atoms with van der Waals surface area (Å²) in [4.78, 5) is 44.8. The predicted molar refractivity (Wildman–Crippen MR) is 166 cm³/mol. The first-order valence-corrected chi connectivity index (χ1v) is 13.9. The maximum absolute atomic E-state index is 13.3. The quantitative estimate of drug-likeness (QED) is 0.199. The molecule has 0 radical (unpaired) electrons. The van der Waals surface area contributed by atoms with E-state index < -0.39 is 17.5 Å². The fourth-order valence-electron chi connectivity index (χ4n) is 5.17. The van der Waals surface area contributed by atoms with Crippen LogP contribution in [0.25, 0.3) is 11.1 Å². The minimum Gasteiger partial charge on any atom is -0.496 e. The van der Waals surface area contributed by atoms with Crippen LogP contribution in [0.4, 0.5) is 11.4 Å². The van der Waals surface area contributed by atoms with Gasteiger partial charge >= 0.3 is 11.9 Å². The number of anilines is 2. The number of ether oxygens (including phenoxy) is 4. The van der Waals surface area contributed by atoms with Gasteiger partial charge in [-0.25, -0.2) is 14.6 Å². The van der Waals surface area contributed by atoms with Gasteiger partial charge in [-0.2, -0.15) is 0 Å². The Morgan fingerprint density at radius 3 is 2.36 bits per heavy atom. The lowest BCUT2D eigenvalue weighted by atomic mass is 9.91. The SMILES string of the molecule is COc1cc(OC(=O)c2cccnc2OC)ccc1-c1ccc2c(c1COC(=O)c1ccc(C)cc1)N(C)C(=O)C(C)(C)N2. The smallest absolute Gasteiger partial charge is 0.349 e. The summed E-state index contributed by atoms with van der Waals surface area (Å²) in [6, 6.07) is 19.0. The highest BCUT2D eigenvalue weighted by Crippen LogP contribution is 2.45. The third-order valence-corrected chi connectivity index (χ3v) is 7.40. The van der Waals surface area contributed by atoms with Crippen molar-refractivity contribution < 1.29 is 33.3 Å². The van der Waals surface area contributed by atoms with Gasteiger partial charge in [-0.1, -0.05) is 23.8 Å². The number of pyridine rings is 1. The van der Waals surface area contributed by atoms with E-state index in [1.807, 2.05) is 45.0 Å². The number of fused-ring (bicyclic) bond motifs is 1. The molecule has 0 saturated heterocycles.